The molecule has 1 N–H and O–H groups in total. The molecule has 0 aromatic rings. The fourth-order valence-electron chi connectivity index (χ4n) is 0.667. The van der Waals surface area contributed by atoms with Crippen LogP contribution in [-0.4, -0.2) is 34.4 Å². The van der Waals surface area contributed by atoms with Crippen LogP contribution in [0.4, 0.5) is 22.0 Å². The molecule has 88 valence electrons. The molecule has 0 rings (SSSR count). The van der Waals surface area contributed by atoms with Gasteiger partial charge in [-0.25, -0.2) is 13.6 Å². The van der Waals surface area contributed by atoms with Crippen molar-refractivity contribution in [1.82, 2.24) is 0 Å². The standard InChI is InChI=1S/C7H7F5O3/c1-5(8,4(14)15)3(13)6(2,9)7(10,11)12/h1-2H3,(H,14,15). The van der Waals surface area contributed by atoms with Crippen LogP contribution in [-0.2, 0) is 9.59 Å². The Morgan fingerprint density at radius 2 is 1.33 bits per heavy atom. The normalized spacial score (nSPS) is 20.2. The van der Waals surface area contributed by atoms with E-state index in [-0.39, 0.29) is 13.8 Å². The number of rotatable bonds is 3. The molecule has 0 saturated heterocycles. The van der Waals surface area contributed by atoms with E-state index in [1.165, 1.54) is 0 Å². The van der Waals surface area contributed by atoms with Crippen molar-refractivity contribution in [2.45, 2.75) is 31.4 Å². The van der Waals surface area contributed by atoms with Gasteiger partial charge in [0.1, 0.15) is 0 Å². The van der Waals surface area contributed by atoms with Crippen LogP contribution in [0.1, 0.15) is 13.8 Å². The van der Waals surface area contributed by atoms with E-state index in [1.54, 1.807) is 0 Å². The molecule has 0 heterocycles. The Hall–Kier alpha value is -1.21. The largest absolute Gasteiger partial charge is 0.479 e. The van der Waals surface area contributed by atoms with E-state index in [0.717, 1.165) is 0 Å². The minimum absolute atomic E-state index is 0.0568. The van der Waals surface area contributed by atoms with Gasteiger partial charge in [0, 0.05) is 0 Å². The zero-order valence-electron chi connectivity index (χ0n) is 7.65. The van der Waals surface area contributed by atoms with Crippen molar-refractivity contribution in [2.75, 3.05) is 0 Å². The summed E-state index contributed by atoms with van der Waals surface area (Å²) in [7, 11) is 0. The lowest BCUT2D eigenvalue weighted by Gasteiger charge is -2.26. The van der Waals surface area contributed by atoms with Crippen LogP contribution in [0.25, 0.3) is 0 Å². The maximum Gasteiger partial charge on any atom is 0.429 e. The molecule has 0 spiro atoms. The average Bonchev–Trinajstić information content (AvgIpc) is 2.00. The van der Waals surface area contributed by atoms with E-state index in [0.29, 0.717) is 0 Å². The summed E-state index contributed by atoms with van der Waals surface area (Å²) in [4.78, 5) is 20.8. The molecule has 0 saturated carbocycles. The van der Waals surface area contributed by atoms with Crippen molar-refractivity contribution in [1.29, 1.82) is 0 Å². The molecule has 3 nitrogen and oxygen atoms in total. The van der Waals surface area contributed by atoms with Crippen molar-refractivity contribution in [3.8, 4) is 0 Å². The molecular weight excluding hydrogens is 227 g/mol. The lowest BCUT2D eigenvalue weighted by atomic mass is 9.90. The van der Waals surface area contributed by atoms with Crippen LogP contribution < -0.4 is 0 Å². The lowest BCUT2D eigenvalue weighted by molar-refractivity contribution is -0.225. The summed E-state index contributed by atoms with van der Waals surface area (Å²) < 4.78 is 61.6. The molecule has 0 radical (unpaired) electrons. The number of carbonyl (C=O) groups is 2. The fourth-order valence-corrected chi connectivity index (χ4v) is 0.667. The van der Waals surface area contributed by atoms with E-state index in [2.05, 4.69) is 0 Å². The number of ketones is 1. The predicted molar refractivity (Wildman–Crippen MR) is 37.7 cm³/mol. The first-order chi connectivity index (χ1) is 6.35. The van der Waals surface area contributed by atoms with Crippen LogP contribution in [0.2, 0.25) is 0 Å². The first-order valence-electron chi connectivity index (χ1n) is 3.58. The van der Waals surface area contributed by atoms with Gasteiger partial charge in [0.05, 0.1) is 0 Å². The van der Waals surface area contributed by atoms with Crippen LogP contribution in [0, 0.1) is 0 Å². The molecule has 0 aliphatic heterocycles. The van der Waals surface area contributed by atoms with Crippen LogP contribution in [0.3, 0.4) is 0 Å². The molecule has 0 fully saturated rings. The first kappa shape index (κ1) is 13.8. The summed E-state index contributed by atoms with van der Waals surface area (Å²) in [6.45, 7) is -0.169. The number of Topliss-reactive ketones (excluding diaryl/α,β-unsaturated/α-hetero) is 1. The smallest absolute Gasteiger partial charge is 0.429 e. The Balaban J connectivity index is 5.29. The van der Waals surface area contributed by atoms with Gasteiger partial charge in [0.15, 0.2) is 0 Å². The number of halogens is 5. The average molecular weight is 234 g/mol. The highest BCUT2D eigenvalue weighted by Gasteiger charge is 2.64. The number of alkyl halides is 5. The minimum Gasteiger partial charge on any atom is -0.479 e. The molecule has 0 bridgehead atoms. The molecule has 2 atom stereocenters. The Kier molecular flexibility index (Phi) is 3.15. The van der Waals surface area contributed by atoms with E-state index in [9.17, 15) is 31.5 Å². The van der Waals surface area contributed by atoms with Gasteiger partial charge < -0.3 is 5.11 Å². The molecule has 0 amide bonds. The third-order valence-corrected chi connectivity index (χ3v) is 1.79. The maximum absolute atomic E-state index is 12.9. The van der Waals surface area contributed by atoms with Gasteiger partial charge >= 0.3 is 12.1 Å². The zero-order valence-corrected chi connectivity index (χ0v) is 7.65. The Morgan fingerprint density at radius 3 is 1.53 bits per heavy atom. The van der Waals surface area contributed by atoms with Crippen LogP contribution >= 0.6 is 0 Å². The Morgan fingerprint density at radius 1 is 1.00 bits per heavy atom. The van der Waals surface area contributed by atoms with Gasteiger partial charge in [-0.15, -0.1) is 0 Å². The quantitative estimate of drug-likeness (QED) is 0.596. The number of hydrogen-bond donors (Lipinski definition) is 1. The lowest BCUT2D eigenvalue weighted by Crippen LogP contribution is -2.56. The van der Waals surface area contributed by atoms with E-state index < -0.39 is 29.3 Å². The van der Waals surface area contributed by atoms with Crippen molar-refractivity contribution in [3.05, 3.63) is 0 Å². The molecule has 0 aromatic carbocycles. The highest BCUT2D eigenvalue weighted by Crippen LogP contribution is 2.38. The second-order valence-corrected chi connectivity index (χ2v) is 3.14. The Bertz CT molecular complexity index is 291. The first-order valence-corrected chi connectivity index (χ1v) is 3.58. The van der Waals surface area contributed by atoms with Crippen LogP contribution in [0.15, 0.2) is 0 Å². The van der Waals surface area contributed by atoms with Gasteiger partial charge in [0.25, 0.3) is 11.3 Å². The monoisotopic (exact) mass is 234 g/mol. The molecule has 0 aliphatic rings. The van der Waals surface area contributed by atoms with Gasteiger partial charge in [0.2, 0.25) is 5.78 Å². The van der Waals surface area contributed by atoms with Gasteiger partial charge in [-0.1, -0.05) is 0 Å². The molecule has 0 aromatic heterocycles. The highest BCUT2D eigenvalue weighted by atomic mass is 19.4. The molecule has 0 aliphatic carbocycles. The van der Waals surface area contributed by atoms with Gasteiger partial charge in [-0.3, -0.25) is 4.79 Å². The summed E-state index contributed by atoms with van der Waals surface area (Å²) in [6, 6.07) is 0. The van der Waals surface area contributed by atoms with Crippen LogP contribution in [0.5, 0.6) is 0 Å². The topological polar surface area (TPSA) is 54.4 Å². The zero-order chi connectivity index (χ0) is 12.7. The van der Waals surface area contributed by atoms with E-state index in [1.807, 2.05) is 0 Å². The third-order valence-electron chi connectivity index (χ3n) is 1.79. The van der Waals surface area contributed by atoms with E-state index in [4.69, 9.17) is 5.11 Å². The van der Waals surface area contributed by atoms with Crippen molar-refractivity contribution < 1.29 is 36.6 Å². The molecule has 2 unspecified atom stereocenters. The number of carboxylic acids is 1. The van der Waals surface area contributed by atoms with Crippen molar-refractivity contribution in [3.63, 3.8) is 0 Å². The highest BCUT2D eigenvalue weighted by molar-refractivity contribution is 6.10. The molecule has 8 heteroatoms. The summed E-state index contributed by atoms with van der Waals surface area (Å²) >= 11 is 0. The number of aliphatic carboxylic acids is 1. The number of carboxylic acid groups (broad SMARTS) is 1. The molecular formula is C7H7F5O3. The molecule has 15 heavy (non-hydrogen) atoms. The second kappa shape index (κ2) is 3.42. The van der Waals surface area contributed by atoms with E-state index >= 15 is 0 Å². The number of carbonyl (C=O) groups excluding carboxylic acids is 1. The third kappa shape index (κ3) is 2.24. The predicted octanol–water partition coefficient (Wildman–Crippen LogP) is 1.66. The maximum atomic E-state index is 12.9. The van der Waals surface area contributed by atoms with Gasteiger partial charge in [-0.2, -0.15) is 13.2 Å². The van der Waals surface area contributed by atoms with Gasteiger partial charge in [-0.05, 0) is 13.8 Å². The fraction of sp³-hybridized carbons (Fsp3) is 0.714. The SMILES string of the molecule is CC(F)(C(=O)O)C(=O)C(C)(F)C(F)(F)F. The summed E-state index contributed by atoms with van der Waals surface area (Å²) in [5.74, 6) is -5.16. The minimum atomic E-state index is -5.66. The number of hydrogen-bond acceptors (Lipinski definition) is 2. The summed E-state index contributed by atoms with van der Waals surface area (Å²) in [5.41, 5.74) is -8.45. The summed E-state index contributed by atoms with van der Waals surface area (Å²) in [6.07, 6.45) is -5.66. The second-order valence-electron chi connectivity index (χ2n) is 3.14. The van der Waals surface area contributed by atoms with Crippen molar-refractivity contribution >= 4 is 11.8 Å². The summed E-state index contributed by atoms with van der Waals surface area (Å²) in [5, 5.41) is 8.11. The van der Waals surface area contributed by atoms with Crippen molar-refractivity contribution in [2.24, 2.45) is 0 Å². The Labute approximate surface area is 80.9 Å².